The summed E-state index contributed by atoms with van der Waals surface area (Å²) >= 11 is 0. The van der Waals surface area contributed by atoms with Gasteiger partial charge in [-0.05, 0) is 54.2 Å². The van der Waals surface area contributed by atoms with E-state index in [2.05, 4.69) is 10.6 Å². The lowest BCUT2D eigenvalue weighted by Gasteiger charge is -2.32. The number of anilines is 3. The predicted molar refractivity (Wildman–Crippen MR) is 186 cm³/mol. The summed E-state index contributed by atoms with van der Waals surface area (Å²) in [5.74, 6) is -0.0170. The Morgan fingerprint density at radius 1 is 0.872 bits per heavy atom. The van der Waals surface area contributed by atoms with Crippen molar-refractivity contribution in [2.45, 2.75) is 77.4 Å². The molecule has 1 fully saturated rings. The Balaban J connectivity index is 1.60. The van der Waals surface area contributed by atoms with E-state index in [1.807, 2.05) is 99.3 Å². The number of ether oxygens (including phenoxy) is 3. The molecule has 252 valence electrons. The number of methoxy groups -OCH3 is 1. The molecule has 3 aromatic carbocycles. The molecule has 0 atom stereocenters. The number of hydrogen-bond donors (Lipinski definition) is 2. The van der Waals surface area contributed by atoms with Crippen molar-refractivity contribution in [1.82, 2.24) is 5.32 Å². The van der Waals surface area contributed by atoms with Crippen molar-refractivity contribution >= 4 is 35.2 Å². The van der Waals surface area contributed by atoms with Gasteiger partial charge in [0, 0.05) is 43.1 Å². The van der Waals surface area contributed by atoms with Crippen molar-refractivity contribution in [2.75, 3.05) is 42.9 Å². The molecule has 0 bridgehead atoms. The van der Waals surface area contributed by atoms with Gasteiger partial charge in [0.1, 0.15) is 18.9 Å². The molecule has 0 saturated heterocycles. The summed E-state index contributed by atoms with van der Waals surface area (Å²) in [5, 5.41) is 5.52. The van der Waals surface area contributed by atoms with Gasteiger partial charge >= 0.3 is 18.1 Å². The summed E-state index contributed by atoms with van der Waals surface area (Å²) < 4.78 is 16.7. The number of esters is 1. The standard InChI is InChI=1S/C37H48N4O6/c1-37(2,3)31-22-30(45-6)23-32(34(31)47-33(42)24-38-36(44)46-25-26-14-10-9-11-15-26)39-35(43)41(28-16-12-7-8-13-17-28)29-20-18-27(19-21-29)40(4)5/h9-11,14-15,18-23,28H,7-8,12-13,16-17,24-25H2,1-6H3,(H,38,44)(H,39,43). The van der Waals surface area contributed by atoms with Crippen molar-refractivity contribution in [3.8, 4) is 11.5 Å². The van der Waals surface area contributed by atoms with Crippen molar-refractivity contribution in [2.24, 2.45) is 0 Å². The monoisotopic (exact) mass is 644 g/mol. The third-order valence-corrected chi connectivity index (χ3v) is 8.21. The van der Waals surface area contributed by atoms with E-state index in [-0.39, 0.29) is 24.4 Å². The van der Waals surface area contributed by atoms with Gasteiger partial charge in [0.05, 0.1) is 12.8 Å². The summed E-state index contributed by atoms with van der Waals surface area (Å²) in [6.45, 7) is 5.58. The molecule has 2 N–H and O–H groups in total. The smallest absolute Gasteiger partial charge is 0.407 e. The van der Waals surface area contributed by atoms with Gasteiger partial charge in [-0.1, -0.05) is 76.8 Å². The number of rotatable bonds is 10. The molecular weight excluding hydrogens is 596 g/mol. The summed E-state index contributed by atoms with van der Waals surface area (Å²) in [4.78, 5) is 43.6. The van der Waals surface area contributed by atoms with Crippen LogP contribution in [0.5, 0.6) is 11.5 Å². The molecule has 1 aliphatic rings. The maximum Gasteiger partial charge on any atom is 0.407 e. The molecule has 0 spiro atoms. The summed E-state index contributed by atoms with van der Waals surface area (Å²) in [5.41, 5.74) is 3.10. The van der Waals surface area contributed by atoms with E-state index in [9.17, 15) is 14.4 Å². The maximum absolute atomic E-state index is 14.3. The van der Waals surface area contributed by atoms with Gasteiger partial charge in [-0.3, -0.25) is 4.90 Å². The van der Waals surface area contributed by atoms with Crippen LogP contribution in [0.3, 0.4) is 0 Å². The van der Waals surface area contributed by atoms with Crippen LogP contribution in [0.4, 0.5) is 26.7 Å². The molecule has 4 rings (SSSR count). The Hall–Kier alpha value is -4.73. The second-order valence-electron chi connectivity index (χ2n) is 13.0. The highest BCUT2D eigenvalue weighted by molar-refractivity contribution is 6.03. The number of benzene rings is 3. The lowest BCUT2D eigenvalue weighted by molar-refractivity contribution is -0.133. The van der Waals surface area contributed by atoms with Crippen LogP contribution in [0.25, 0.3) is 0 Å². The molecule has 0 unspecified atom stereocenters. The number of hydrogen-bond acceptors (Lipinski definition) is 7. The van der Waals surface area contributed by atoms with Crippen LogP contribution in [0, 0.1) is 0 Å². The molecule has 1 aliphatic carbocycles. The zero-order valence-corrected chi connectivity index (χ0v) is 28.4. The summed E-state index contributed by atoms with van der Waals surface area (Å²) in [7, 11) is 5.51. The Kier molecular flexibility index (Phi) is 12.1. The Morgan fingerprint density at radius 2 is 1.51 bits per heavy atom. The van der Waals surface area contributed by atoms with E-state index in [1.165, 1.54) is 0 Å². The van der Waals surface area contributed by atoms with Crippen molar-refractivity contribution in [3.63, 3.8) is 0 Å². The van der Waals surface area contributed by atoms with Crippen LogP contribution < -0.4 is 29.9 Å². The largest absolute Gasteiger partial charge is 0.497 e. The fourth-order valence-corrected chi connectivity index (χ4v) is 5.65. The molecule has 3 amide bonds. The van der Waals surface area contributed by atoms with Crippen LogP contribution in [0.15, 0.2) is 66.7 Å². The van der Waals surface area contributed by atoms with Crippen LogP contribution in [-0.4, -0.2) is 51.9 Å². The van der Waals surface area contributed by atoms with Crippen molar-refractivity contribution in [3.05, 3.63) is 77.9 Å². The number of carbonyl (C=O) groups excluding carboxylic acids is 3. The van der Waals surface area contributed by atoms with Gasteiger partial charge in [0.2, 0.25) is 0 Å². The fourth-order valence-electron chi connectivity index (χ4n) is 5.65. The number of nitrogens with zero attached hydrogens (tertiary/aromatic N) is 2. The van der Waals surface area contributed by atoms with E-state index in [1.54, 1.807) is 19.2 Å². The predicted octanol–water partition coefficient (Wildman–Crippen LogP) is 7.65. The summed E-state index contributed by atoms with van der Waals surface area (Å²) in [6.07, 6.45) is 5.41. The highest BCUT2D eigenvalue weighted by atomic mass is 16.6. The number of urea groups is 1. The first-order chi connectivity index (χ1) is 22.5. The van der Waals surface area contributed by atoms with Gasteiger partial charge in [0.25, 0.3) is 0 Å². The lowest BCUT2D eigenvalue weighted by atomic mass is 9.85. The lowest BCUT2D eigenvalue weighted by Crippen LogP contribution is -2.43. The highest BCUT2D eigenvalue weighted by Gasteiger charge is 2.30. The van der Waals surface area contributed by atoms with Crippen molar-refractivity contribution < 1.29 is 28.6 Å². The van der Waals surface area contributed by atoms with Gasteiger partial charge in [0.15, 0.2) is 5.75 Å². The third kappa shape index (κ3) is 9.88. The molecule has 10 nitrogen and oxygen atoms in total. The molecule has 3 aromatic rings. The molecular formula is C37H48N4O6. The highest BCUT2D eigenvalue weighted by Crippen LogP contribution is 2.41. The topological polar surface area (TPSA) is 109 Å². The van der Waals surface area contributed by atoms with Crippen LogP contribution in [-0.2, 0) is 21.6 Å². The minimum Gasteiger partial charge on any atom is -0.497 e. The fraction of sp³-hybridized carbons (Fsp3) is 0.432. The Morgan fingerprint density at radius 3 is 2.11 bits per heavy atom. The number of amides is 3. The van der Waals surface area contributed by atoms with Crippen LogP contribution >= 0.6 is 0 Å². The molecule has 47 heavy (non-hydrogen) atoms. The average Bonchev–Trinajstić information content (AvgIpc) is 3.33. The average molecular weight is 645 g/mol. The van der Waals surface area contributed by atoms with Crippen LogP contribution in [0.2, 0.25) is 0 Å². The first kappa shape index (κ1) is 35.1. The molecule has 0 aliphatic heterocycles. The Bertz CT molecular complexity index is 1490. The minimum atomic E-state index is -0.746. The first-order valence-electron chi connectivity index (χ1n) is 16.2. The zero-order valence-electron chi connectivity index (χ0n) is 28.4. The van der Waals surface area contributed by atoms with E-state index >= 15 is 0 Å². The van der Waals surface area contributed by atoms with E-state index in [0.717, 1.165) is 55.5 Å². The van der Waals surface area contributed by atoms with E-state index in [0.29, 0.717) is 17.0 Å². The maximum atomic E-state index is 14.3. The van der Waals surface area contributed by atoms with Gasteiger partial charge in [-0.2, -0.15) is 0 Å². The van der Waals surface area contributed by atoms with Gasteiger partial charge in [-0.15, -0.1) is 0 Å². The van der Waals surface area contributed by atoms with Gasteiger partial charge in [-0.25, -0.2) is 14.4 Å². The van der Waals surface area contributed by atoms with E-state index in [4.69, 9.17) is 14.2 Å². The van der Waals surface area contributed by atoms with E-state index < -0.39 is 24.0 Å². The summed E-state index contributed by atoms with van der Waals surface area (Å²) in [6, 6.07) is 20.3. The van der Waals surface area contributed by atoms with Crippen molar-refractivity contribution in [1.29, 1.82) is 0 Å². The SMILES string of the molecule is COc1cc(NC(=O)N(c2ccc(N(C)C)cc2)C2CCCCCC2)c(OC(=O)CNC(=O)OCc2ccccc2)c(C(C)(C)C)c1. The molecule has 10 heteroatoms. The van der Waals surface area contributed by atoms with Gasteiger partial charge < -0.3 is 29.7 Å². The molecule has 0 aromatic heterocycles. The second kappa shape index (κ2) is 16.2. The first-order valence-corrected chi connectivity index (χ1v) is 16.2. The Labute approximate surface area is 278 Å². The molecule has 0 heterocycles. The zero-order chi connectivity index (χ0) is 34.0. The number of nitrogens with one attached hydrogen (secondary N) is 2. The molecule has 1 saturated carbocycles. The molecule has 0 radical (unpaired) electrons. The van der Waals surface area contributed by atoms with Crippen LogP contribution in [0.1, 0.15) is 70.4 Å². The normalized spacial score (nSPS) is 13.6. The third-order valence-electron chi connectivity index (χ3n) is 8.21. The second-order valence-corrected chi connectivity index (χ2v) is 13.0. The number of carbonyl (C=O) groups is 3. The minimum absolute atomic E-state index is 0.00694. The number of alkyl carbamates (subject to hydrolysis) is 1. The quantitative estimate of drug-likeness (QED) is 0.133.